The van der Waals surface area contributed by atoms with Crippen LogP contribution in [0.25, 0.3) is 11.3 Å². The number of carbonyl (C=O) groups is 1. The number of aromatic nitrogens is 2. The maximum atomic E-state index is 13.8. The summed E-state index contributed by atoms with van der Waals surface area (Å²) in [5, 5.41) is 2.90. The highest BCUT2D eigenvalue weighted by atomic mass is 19.1. The molecule has 4 rings (SSSR count). The van der Waals surface area contributed by atoms with Crippen LogP contribution in [0, 0.1) is 5.82 Å². The maximum absolute atomic E-state index is 13.8. The molecule has 2 heterocycles. The van der Waals surface area contributed by atoms with E-state index in [0.29, 0.717) is 66.2 Å². The lowest BCUT2D eigenvalue weighted by atomic mass is 10.1. The second kappa shape index (κ2) is 10.2. The molecule has 34 heavy (non-hydrogen) atoms. The number of nitrogens with zero attached hydrogens (tertiary/aromatic N) is 4. The molecule has 1 saturated heterocycles. The van der Waals surface area contributed by atoms with Crippen LogP contribution >= 0.6 is 0 Å². The van der Waals surface area contributed by atoms with Crippen molar-refractivity contribution in [2.75, 3.05) is 57.7 Å². The topological polar surface area (TPSA) is 89.1 Å². The van der Waals surface area contributed by atoms with Crippen molar-refractivity contribution in [3.05, 3.63) is 54.6 Å². The highest BCUT2D eigenvalue weighted by Crippen LogP contribution is 2.31. The van der Waals surface area contributed by atoms with Crippen molar-refractivity contribution in [2.24, 2.45) is 0 Å². The van der Waals surface area contributed by atoms with Crippen LogP contribution in [0.1, 0.15) is 0 Å². The average Bonchev–Trinajstić information content (AvgIpc) is 2.88. The zero-order valence-corrected chi connectivity index (χ0v) is 19.2. The molecule has 1 aliphatic rings. The summed E-state index contributed by atoms with van der Waals surface area (Å²) in [6.45, 7) is 2.22. The number of hydrogen-bond acceptors (Lipinski definition) is 7. The normalized spacial score (nSPS) is 13.4. The third-order valence-corrected chi connectivity index (χ3v) is 5.62. The van der Waals surface area contributed by atoms with E-state index in [1.165, 1.54) is 25.6 Å². The Morgan fingerprint density at radius 3 is 2.29 bits per heavy atom. The highest BCUT2D eigenvalue weighted by molar-refractivity contribution is 5.90. The van der Waals surface area contributed by atoms with Crippen molar-refractivity contribution < 1.29 is 23.4 Å². The van der Waals surface area contributed by atoms with Crippen LogP contribution in [0.15, 0.2) is 48.8 Å². The number of nitrogens with one attached hydrogen (secondary N) is 1. The Kier molecular flexibility index (Phi) is 6.95. The Bertz CT molecular complexity index is 1170. The number of amides is 2. The molecule has 1 fully saturated rings. The molecule has 1 aliphatic heterocycles. The number of anilines is 2. The molecule has 0 saturated carbocycles. The lowest BCUT2D eigenvalue weighted by molar-refractivity contribution is 0.208. The first-order valence-corrected chi connectivity index (χ1v) is 10.7. The number of ether oxygens (including phenoxy) is 3. The standard InChI is InChI=1S/C24H26FN5O4/c1-32-20-6-4-16(25)12-18(20)19-14-23(27-15-26-19)29-8-10-30(11-9-29)24(31)28-17-5-7-21(33-2)22(13-17)34-3/h4-7,12-15H,8-11H2,1-3H3,(H,28,31). The van der Waals surface area contributed by atoms with E-state index in [9.17, 15) is 9.18 Å². The number of rotatable bonds is 6. The van der Waals surface area contributed by atoms with Gasteiger partial charge in [0, 0.05) is 49.6 Å². The van der Waals surface area contributed by atoms with Gasteiger partial charge in [-0.2, -0.15) is 0 Å². The van der Waals surface area contributed by atoms with Crippen molar-refractivity contribution in [3.63, 3.8) is 0 Å². The molecule has 9 nitrogen and oxygen atoms in total. The molecule has 2 aromatic carbocycles. The van der Waals surface area contributed by atoms with Gasteiger partial charge in [-0.05, 0) is 30.3 Å². The van der Waals surface area contributed by atoms with Gasteiger partial charge < -0.3 is 29.3 Å². The predicted molar refractivity (Wildman–Crippen MR) is 126 cm³/mol. The predicted octanol–water partition coefficient (Wildman–Crippen LogP) is 3.66. The Balaban J connectivity index is 1.41. The number of halogens is 1. The van der Waals surface area contributed by atoms with E-state index in [1.807, 2.05) is 0 Å². The van der Waals surface area contributed by atoms with Crippen molar-refractivity contribution in [3.8, 4) is 28.5 Å². The van der Waals surface area contributed by atoms with E-state index in [1.54, 1.807) is 49.5 Å². The molecule has 1 aromatic heterocycles. The van der Waals surface area contributed by atoms with Gasteiger partial charge in [-0.25, -0.2) is 19.2 Å². The quantitative estimate of drug-likeness (QED) is 0.592. The van der Waals surface area contributed by atoms with Gasteiger partial charge in [-0.3, -0.25) is 0 Å². The molecular weight excluding hydrogens is 441 g/mol. The minimum absolute atomic E-state index is 0.195. The van der Waals surface area contributed by atoms with Crippen LogP contribution < -0.4 is 24.4 Å². The van der Waals surface area contributed by atoms with Gasteiger partial charge in [0.05, 0.1) is 27.0 Å². The van der Waals surface area contributed by atoms with Crippen molar-refractivity contribution in [2.45, 2.75) is 0 Å². The lowest BCUT2D eigenvalue weighted by Gasteiger charge is -2.35. The SMILES string of the molecule is COc1ccc(NC(=O)N2CCN(c3cc(-c4cc(F)ccc4OC)ncn3)CC2)cc1OC. The number of urea groups is 1. The summed E-state index contributed by atoms with van der Waals surface area (Å²) in [7, 11) is 4.64. The molecule has 3 aromatic rings. The first kappa shape index (κ1) is 23.1. The van der Waals surface area contributed by atoms with E-state index in [-0.39, 0.29) is 11.8 Å². The first-order valence-electron chi connectivity index (χ1n) is 10.7. The maximum Gasteiger partial charge on any atom is 0.321 e. The molecule has 0 atom stereocenters. The van der Waals surface area contributed by atoms with Gasteiger partial charge >= 0.3 is 6.03 Å². The molecule has 0 spiro atoms. The van der Waals surface area contributed by atoms with E-state index in [0.717, 1.165) is 0 Å². The van der Waals surface area contributed by atoms with Gasteiger partial charge in [0.25, 0.3) is 0 Å². The molecule has 0 bridgehead atoms. The molecule has 0 unspecified atom stereocenters. The third-order valence-electron chi connectivity index (χ3n) is 5.62. The zero-order valence-electron chi connectivity index (χ0n) is 19.2. The number of piperazine rings is 1. The van der Waals surface area contributed by atoms with Crippen LogP contribution in [-0.4, -0.2) is 68.4 Å². The molecule has 0 aliphatic carbocycles. The summed E-state index contributed by atoms with van der Waals surface area (Å²) in [6, 6.07) is 11.1. The van der Waals surface area contributed by atoms with Gasteiger partial charge in [-0.15, -0.1) is 0 Å². The zero-order chi connectivity index (χ0) is 24.1. The smallest absolute Gasteiger partial charge is 0.321 e. The van der Waals surface area contributed by atoms with E-state index < -0.39 is 0 Å². The second-order valence-corrected chi connectivity index (χ2v) is 7.58. The van der Waals surface area contributed by atoms with Crippen LogP contribution in [-0.2, 0) is 0 Å². The monoisotopic (exact) mass is 467 g/mol. The minimum atomic E-state index is -0.370. The van der Waals surface area contributed by atoms with Crippen LogP contribution in [0.2, 0.25) is 0 Å². The number of carbonyl (C=O) groups excluding carboxylic acids is 1. The number of methoxy groups -OCH3 is 3. The summed E-state index contributed by atoms with van der Waals surface area (Å²) in [4.78, 5) is 25.2. The first-order chi connectivity index (χ1) is 16.5. The Hall–Kier alpha value is -4.08. The molecular formula is C24H26FN5O4. The highest BCUT2D eigenvalue weighted by Gasteiger charge is 2.23. The fraction of sp³-hybridized carbons (Fsp3) is 0.292. The molecule has 2 amide bonds. The number of benzene rings is 2. The summed E-state index contributed by atoms with van der Waals surface area (Å²) in [5.74, 6) is 2.00. The average molecular weight is 468 g/mol. The van der Waals surface area contributed by atoms with E-state index in [4.69, 9.17) is 14.2 Å². The fourth-order valence-corrected chi connectivity index (χ4v) is 3.80. The lowest BCUT2D eigenvalue weighted by Crippen LogP contribution is -2.50. The third kappa shape index (κ3) is 4.95. The van der Waals surface area contributed by atoms with Gasteiger partial charge in [0.1, 0.15) is 23.7 Å². The molecule has 0 radical (unpaired) electrons. The summed E-state index contributed by atoms with van der Waals surface area (Å²) < 4.78 is 29.7. The Labute approximate surface area is 197 Å². The summed E-state index contributed by atoms with van der Waals surface area (Å²) in [6.07, 6.45) is 1.45. The molecule has 1 N–H and O–H groups in total. The molecule has 10 heteroatoms. The number of hydrogen-bond donors (Lipinski definition) is 1. The minimum Gasteiger partial charge on any atom is -0.496 e. The van der Waals surface area contributed by atoms with Crippen LogP contribution in [0.4, 0.5) is 20.7 Å². The second-order valence-electron chi connectivity index (χ2n) is 7.58. The summed E-state index contributed by atoms with van der Waals surface area (Å²) >= 11 is 0. The van der Waals surface area contributed by atoms with Crippen LogP contribution in [0.3, 0.4) is 0 Å². The van der Waals surface area contributed by atoms with Crippen molar-refractivity contribution in [1.29, 1.82) is 0 Å². The van der Waals surface area contributed by atoms with Gasteiger partial charge in [0.15, 0.2) is 11.5 Å². The summed E-state index contributed by atoms with van der Waals surface area (Å²) in [5.41, 5.74) is 1.74. The van der Waals surface area contributed by atoms with E-state index in [2.05, 4.69) is 20.2 Å². The van der Waals surface area contributed by atoms with Gasteiger partial charge in [0.2, 0.25) is 0 Å². The van der Waals surface area contributed by atoms with Crippen LogP contribution in [0.5, 0.6) is 17.2 Å². The Morgan fingerprint density at radius 2 is 1.59 bits per heavy atom. The Morgan fingerprint density at radius 1 is 0.882 bits per heavy atom. The largest absolute Gasteiger partial charge is 0.496 e. The van der Waals surface area contributed by atoms with E-state index >= 15 is 0 Å². The van der Waals surface area contributed by atoms with Crippen molar-refractivity contribution in [1.82, 2.24) is 14.9 Å². The van der Waals surface area contributed by atoms with Gasteiger partial charge in [-0.1, -0.05) is 0 Å². The molecule has 178 valence electrons. The fourth-order valence-electron chi connectivity index (χ4n) is 3.80. The van der Waals surface area contributed by atoms with Crippen molar-refractivity contribution >= 4 is 17.5 Å².